The second kappa shape index (κ2) is 2.98. The van der Waals surface area contributed by atoms with E-state index in [0.29, 0.717) is 0 Å². The number of thiazole rings is 1. The summed E-state index contributed by atoms with van der Waals surface area (Å²) in [7, 11) is 0. The van der Waals surface area contributed by atoms with Gasteiger partial charge in [-0.05, 0) is 6.92 Å². The molecule has 60 valence electrons. The van der Waals surface area contributed by atoms with Gasteiger partial charge in [-0.3, -0.25) is 0 Å². The average Bonchev–Trinajstić information content (AvgIpc) is 2.58. The predicted molar refractivity (Wildman–Crippen MR) is 47.9 cm³/mol. The smallest absolute Gasteiger partial charge is 0.125 e. The number of rotatable bonds is 1. The summed E-state index contributed by atoms with van der Waals surface area (Å²) in [6.45, 7) is 1.87. The minimum absolute atomic E-state index is 0.786. The molecule has 2 aromatic rings. The molecular weight excluding hydrogens is 170 g/mol. The van der Waals surface area contributed by atoms with Crippen LogP contribution in [0.5, 0.6) is 0 Å². The highest BCUT2D eigenvalue weighted by Gasteiger charge is 1.98. The van der Waals surface area contributed by atoms with Crippen molar-refractivity contribution in [3.05, 3.63) is 29.1 Å². The molecule has 2 heterocycles. The van der Waals surface area contributed by atoms with Crippen LogP contribution in [0.3, 0.4) is 0 Å². The minimum Gasteiger partial charge on any atom is -0.245 e. The Hall–Kier alpha value is -1.29. The maximum atomic E-state index is 4.15. The molecule has 0 aliphatic heterocycles. The third-order valence-electron chi connectivity index (χ3n) is 1.51. The second-order valence-electron chi connectivity index (χ2n) is 2.39. The molecule has 2 rings (SSSR count). The molecule has 0 fully saturated rings. The topological polar surface area (TPSA) is 38.7 Å². The van der Waals surface area contributed by atoms with Gasteiger partial charge in [0.1, 0.15) is 5.82 Å². The summed E-state index contributed by atoms with van der Waals surface area (Å²) in [6, 6.07) is 0. The lowest BCUT2D eigenvalue weighted by Crippen LogP contribution is -1.87. The van der Waals surface area contributed by atoms with Gasteiger partial charge in [-0.2, -0.15) is 0 Å². The highest BCUT2D eigenvalue weighted by atomic mass is 32.1. The third-order valence-corrected chi connectivity index (χ3v) is 2.10. The van der Waals surface area contributed by atoms with Gasteiger partial charge in [-0.1, -0.05) is 0 Å². The molecule has 0 aliphatic carbocycles. The summed E-state index contributed by atoms with van der Waals surface area (Å²) < 4.78 is 0. The van der Waals surface area contributed by atoms with E-state index in [1.54, 1.807) is 29.2 Å². The molecule has 0 bridgehead atoms. The van der Waals surface area contributed by atoms with E-state index in [-0.39, 0.29) is 0 Å². The Balaban J connectivity index is 2.43. The van der Waals surface area contributed by atoms with Crippen LogP contribution in [-0.4, -0.2) is 15.0 Å². The summed E-state index contributed by atoms with van der Waals surface area (Å²) in [5.41, 5.74) is 3.72. The third kappa shape index (κ3) is 1.33. The van der Waals surface area contributed by atoms with Gasteiger partial charge in [-0.15, -0.1) is 11.3 Å². The van der Waals surface area contributed by atoms with Gasteiger partial charge in [0.2, 0.25) is 0 Å². The fraction of sp³-hybridized carbons (Fsp3) is 0.125. The van der Waals surface area contributed by atoms with E-state index >= 15 is 0 Å². The van der Waals surface area contributed by atoms with Gasteiger partial charge >= 0.3 is 0 Å². The Morgan fingerprint density at radius 1 is 1.17 bits per heavy atom. The molecule has 0 radical (unpaired) electrons. The molecule has 2 aromatic heterocycles. The van der Waals surface area contributed by atoms with Crippen molar-refractivity contribution in [3.63, 3.8) is 0 Å². The summed E-state index contributed by atoms with van der Waals surface area (Å²) in [4.78, 5) is 12.3. The summed E-state index contributed by atoms with van der Waals surface area (Å²) in [5, 5.41) is 1.98. The van der Waals surface area contributed by atoms with Crippen LogP contribution in [0, 0.1) is 6.92 Å². The van der Waals surface area contributed by atoms with Gasteiger partial charge in [0, 0.05) is 23.3 Å². The molecule has 0 unspecified atom stereocenters. The normalized spacial score (nSPS) is 10.1. The lowest BCUT2D eigenvalue weighted by molar-refractivity contribution is 1.05. The average molecular weight is 177 g/mol. The Labute approximate surface area is 74.2 Å². The fourth-order valence-corrected chi connectivity index (χ4v) is 1.44. The quantitative estimate of drug-likeness (QED) is 0.667. The van der Waals surface area contributed by atoms with Gasteiger partial charge in [0.05, 0.1) is 11.2 Å². The standard InChI is InChI=1S/C8H7N3S/c1-6-9-2-7(3-10-6)8-4-12-5-11-8/h2-5H,1H3. The maximum absolute atomic E-state index is 4.15. The first-order valence-corrected chi connectivity index (χ1v) is 4.48. The number of aryl methyl sites for hydroxylation is 1. The Morgan fingerprint density at radius 3 is 2.50 bits per heavy atom. The highest BCUT2D eigenvalue weighted by Crippen LogP contribution is 2.16. The Kier molecular flexibility index (Phi) is 1.83. The molecule has 0 aromatic carbocycles. The minimum atomic E-state index is 0.786. The van der Waals surface area contributed by atoms with Crippen molar-refractivity contribution in [1.29, 1.82) is 0 Å². The zero-order chi connectivity index (χ0) is 8.39. The summed E-state index contributed by atoms with van der Waals surface area (Å²) >= 11 is 1.57. The number of nitrogens with zero attached hydrogens (tertiary/aromatic N) is 3. The van der Waals surface area contributed by atoms with Crippen LogP contribution in [0.4, 0.5) is 0 Å². The molecule has 0 N–H and O–H groups in total. The van der Waals surface area contributed by atoms with Gasteiger partial charge in [0.15, 0.2) is 0 Å². The lowest BCUT2D eigenvalue weighted by atomic mass is 10.3. The predicted octanol–water partition coefficient (Wildman–Crippen LogP) is 1.91. The van der Waals surface area contributed by atoms with Crippen LogP contribution in [0.25, 0.3) is 11.3 Å². The van der Waals surface area contributed by atoms with Crippen molar-refractivity contribution in [2.45, 2.75) is 6.92 Å². The molecule has 0 aliphatic rings. The molecule has 0 amide bonds. The maximum Gasteiger partial charge on any atom is 0.125 e. The molecule has 0 saturated carbocycles. The van der Waals surface area contributed by atoms with E-state index in [9.17, 15) is 0 Å². The Bertz CT molecular complexity index is 352. The zero-order valence-corrected chi connectivity index (χ0v) is 7.38. The second-order valence-corrected chi connectivity index (χ2v) is 3.11. The van der Waals surface area contributed by atoms with Crippen LogP contribution in [0.2, 0.25) is 0 Å². The van der Waals surface area contributed by atoms with Crippen molar-refractivity contribution in [2.24, 2.45) is 0 Å². The largest absolute Gasteiger partial charge is 0.245 e. The van der Waals surface area contributed by atoms with Gasteiger partial charge in [0.25, 0.3) is 0 Å². The van der Waals surface area contributed by atoms with Crippen LogP contribution < -0.4 is 0 Å². The molecule has 4 heteroatoms. The molecule has 3 nitrogen and oxygen atoms in total. The molecule has 0 atom stereocenters. The van der Waals surface area contributed by atoms with Crippen molar-refractivity contribution < 1.29 is 0 Å². The van der Waals surface area contributed by atoms with Crippen LogP contribution in [0.15, 0.2) is 23.3 Å². The van der Waals surface area contributed by atoms with Gasteiger partial charge < -0.3 is 0 Å². The Morgan fingerprint density at radius 2 is 1.92 bits per heavy atom. The van der Waals surface area contributed by atoms with Crippen LogP contribution >= 0.6 is 11.3 Å². The van der Waals surface area contributed by atoms with E-state index in [1.165, 1.54) is 0 Å². The van der Waals surface area contributed by atoms with Crippen molar-refractivity contribution in [2.75, 3.05) is 0 Å². The molecular formula is C8H7N3S. The first-order valence-electron chi connectivity index (χ1n) is 3.53. The number of aromatic nitrogens is 3. The zero-order valence-electron chi connectivity index (χ0n) is 6.56. The van der Waals surface area contributed by atoms with E-state index < -0.39 is 0 Å². The van der Waals surface area contributed by atoms with E-state index in [2.05, 4.69) is 15.0 Å². The first kappa shape index (κ1) is 7.36. The van der Waals surface area contributed by atoms with E-state index in [1.807, 2.05) is 12.3 Å². The van der Waals surface area contributed by atoms with Crippen molar-refractivity contribution >= 4 is 11.3 Å². The monoisotopic (exact) mass is 177 g/mol. The molecule has 0 saturated heterocycles. The number of hydrogen-bond donors (Lipinski definition) is 0. The molecule has 0 spiro atoms. The van der Waals surface area contributed by atoms with Crippen molar-refractivity contribution in [1.82, 2.24) is 15.0 Å². The van der Waals surface area contributed by atoms with E-state index in [4.69, 9.17) is 0 Å². The summed E-state index contributed by atoms with van der Waals surface area (Å²) in [5.74, 6) is 0.786. The van der Waals surface area contributed by atoms with Crippen molar-refractivity contribution in [3.8, 4) is 11.3 Å². The highest BCUT2D eigenvalue weighted by molar-refractivity contribution is 7.07. The van der Waals surface area contributed by atoms with Crippen LogP contribution in [-0.2, 0) is 0 Å². The van der Waals surface area contributed by atoms with Gasteiger partial charge in [-0.25, -0.2) is 15.0 Å². The number of hydrogen-bond acceptors (Lipinski definition) is 4. The fourth-order valence-electron chi connectivity index (χ4n) is 0.880. The summed E-state index contributed by atoms with van der Waals surface area (Å²) in [6.07, 6.45) is 3.58. The molecule has 12 heavy (non-hydrogen) atoms. The SMILES string of the molecule is Cc1ncc(-c2cscn2)cn1. The van der Waals surface area contributed by atoms with Crippen LogP contribution in [0.1, 0.15) is 5.82 Å². The first-order chi connectivity index (χ1) is 5.86. The lowest BCUT2D eigenvalue weighted by Gasteiger charge is -1.94. The van der Waals surface area contributed by atoms with E-state index in [0.717, 1.165) is 17.1 Å².